The van der Waals surface area contributed by atoms with Crippen molar-refractivity contribution in [2.24, 2.45) is 5.92 Å². The fraction of sp³-hybridized carbons (Fsp3) is 0.321. The third-order valence-corrected chi connectivity index (χ3v) is 8.50. The predicted octanol–water partition coefficient (Wildman–Crippen LogP) is 4.64. The number of hydrogen-bond acceptors (Lipinski definition) is 5. The van der Waals surface area contributed by atoms with Crippen LogP contribution in [0, 0.1) is 17.7 Å². The van der Waals surface area contributed by atoms with Crippen molar-refractivity contribution in [2.75, 3.05) is 18.8 Å². The molecule has 3 fully saturated rings. The van der Waals surface area contributed by atoms with Crippen LogP contribution in [0.4, 0.5) is 14.6 Å². The molecular formula is C28H25F2N5O. The topological polar surface area (TPSA) is 87.9 Å². The summed E-state index contributed by atoms with van der Waals surface area (Å²) in [6.07, 6.45) is 6.22. The second kappa shape index (κ2) is 7.67. The Morgan fingerprint density at radius 3 is 2.53 bits per heavy atom. The Kier molecular flexibility index (Phi) is 4.61. The van der Waals surface area contributed by atoms with Gasteiger partial charge >= 0.3 is 0 Å². The fourth-order valence-corrected chi connectivity index (χ4v) is 6.15. The molecule has 2 unspecified atom stereocenters. The van der Waals surface area contributed by atoms with Gasteiger partial charge in [0.25, 0.3) is 5.56 Å². The van der Waals surface area contributed by atoms with E-state index < -0.39 is 17.3 Å². The molecule has 8 heteroatoms. The van der Waals surface area contributed by atoms with Gasteiger partial charge in [-0.15, -0.1) is 0 Å². The van der Waals surface area contributed by atoms with Crippen LogP contribution in [0.25, 0.3) is 33.3 Å². The highest BCUT2D eigenvalue weighted by molar-refractivity contribution is 5.88. The normalized spacial score (nSPS) is 23.6. The maximum atomic E-state index is 14.9. The molecule has 2 aromatic heterocycles. The number of nitrogen functional groups attached to an aromatic ring is 1. The van der Waals surface area contributed by atoms with Crippen LogP contribution in [0.5, 0.6) is 0 Å². The molecule has 2 saturated carbocycles. The molecule has 2 atom stereocenters. The second-order valence-corrected chi connectivity index (χ2v) is 10.5. The number of hydrogen-bond donors (Lipinski definition) is 2. The summed E-state index contributed by atoms with van der Waals surface area (Å²) in [5, 5.41) is 0.349. The zero-order chi connectivity index (χ0) is 24.6. The van der Waals surface area contributed by atoms with Gasteiger partial charge in [-0.05, 0) is 42.9 Å². The molecule has 4 aromatic rings. The van der Waals surface area contributed by atoms with Gasteiger partial charge in [-0.3, -0.25) is 9.69 Å². The third-order valence-electron chi connectivity index (χ3n) is 8.50. The number of halogens is 2. The summed E-state index contributed by atoms with van der Waals surface area (Å²) in [6.45, 7) is 2.30. The number of fused-ring (bicyclic) bond motifs is 2. The Bertz CT molecular complexity index is 1580. The van der Waals surface area contributed by atoms with Crippen LogP contribution >= 0.6 is 0 Å². The summed E-state index contributed by atoms with van der Waals surface area (Å²) < 4.78 is 29.3. The summed E-state index contributed by atoms with van der Waals surface area (Å²) in [4.78, 5) is 25.4. The lowest BCUT2D eigenvalue weighted by Gasteiger charge is -2.36. The minimum atomic E-state index is -0.757. The Balaban J connectivity index is 1.22. The van der Waals surface area contributed by atoms with Crippen molar-refractivity contribution in [3.63, 3.8) is 0 Å². The van der Waals surface area contributed by atoms with Gasteiger partial charge in [-0.2, -0.15) is 9.37 Å². The molecule has 0 spiro atoms. The number of pyridine rings is 1. The van der Waals surface area contributed by atoms with E-state index in [1.165, 1.54) is 49.9 Å². The summed E-state index contributed by atoms with van der Waals surface area (Å²) in [7, 11) is 0. The first kappa shape index (κ1) is 21.6. The Hall–Kier alpha value is -3.65. The van der Waals surface area contributed by atoms with E-state index >= 15 is 0 Å². The van der Waals surface area contributed by atoms with Crippen LogP contribution in [-0.2, 0) is 5.41 Å². The molecule has 0 radical (unpaired) electrons. The van der Waals surface area contributed by atoms with Gasteiger partial charge in [-0.25, -0.2) is 9.37 Å². The first-order valence-electron chi connectivity index (χ1n) is 12.4. The van der Waals surface area contributed by atoms with Gasteiger partial charge in [0.1, 0.15) is 17.2 Å². The van der Waals surface area contributed by atoms with Gasteiger partial charge in [0.15, 0.2) is 5.82 Å². The lowest BCUT2D eigenvalue weighted by atomic mass is 9.90. The molecule has 7 rings (SSSR count). The Morgan fingerprint density at radius 2 is 1.78 bits per heavy atom. The van der Waals surface area contributed by atoms with Crippen LogP contribution in [0.1, 0.15) is 31.2 Å². The van der Waals surface area contributed by atoms with Crippen molar-refractivity contribution in [1.29, 1.82) is 0 Å². The number of nitrogens with zero attached hydrogens (tertiary/aromatic N) is 3. The molecule has 6 nitrogen and oxygen atoms in total. The minimum absolute atomic E-state index is 0.0876. The molecule has 36 heavy (non-hydrogen) atoms. The first-order valence-corrected chi connectivity index (χ1v) is 12.4. The number of aromatic nitrogens is 3. The maximum Gasteiger partial charge on any atom is 0.256 e. The van der Waals surface area contributed by atoms with E-state index in [-0.39, 0.29) is 33.4 Å². The molecule has 0 amide bonds. The van der Waals surface area contributed by atoms with Gasteiger partial charge in [-0.1, -0.05) is 36.8 Å². The van der Waals surface area contributed by atoms with Crippen molar-refractivity contribution >= 4 is 16.6 Å². The molecule has 0 bridgehead atoms. The summed E-state index contributed by atoms with van der Waals surface area (Å²) in [6, 6.07) is 13.4. The number of anilines is 1. The molecule has 2 aromatic carbocycles. The zero-order valence-electron chi connectivity index (χ0n) is 19.6. The largest absolute Gasteiger partial charge is 0.382 e. The summed E-state index contributed by atoms with van der Waals surface area (Å²) in [5.41, 5.74) is 8.55. The van der Waals surface area contributed by atoms with Crippen molar-refractivity contribution in [3.8, 4) is 22.5 Å². The predicted molar refractivity (Wildman–Crippen MR) is 134 cm³/mol. The number of piperidine rings is 1. The monoisotopic (exact) mass is 485 g/mol. The Labute approximate surface area is 206 Å². The van der Waals surface area contributed by atoms with E-state index in [2.05, 4.69) is 32.0 Å². The van der Waals surface area contributed by atoms with Crippen LogP contribution in [-0.4, -0.2) is 39.0 Å². The number of benzene rings is 2. The van der Waals surface area contributed by atoms with Gasteiger partial charge in [0.2, 0.25) is 5.95 Å². The van der Waals surface area contributed by atoms with Gasteiger partial charge in [0, 0.05) is 52.6 Å². The van der Waals surface area contributed by atoms with Crippen LogP contribution in [0.15, 0.2) is 53.5 Å². The molecule has 182 valence electrons. The smallest absolute Gasteiger partial charge is 0.256 e. The summed E-state index contributed by atoms with van der Waals surface area (Å²) >= 11 is 0. The maximum absolute atomic E-state index is 14.9. The second-order valence-electron chi connectivity index (χ2n) is 10.5. The lowest BCUT2D eigenvalue weighted by Crippen LogP contribution is -2.40. The van der Waals surface area contributed by atoms with Crippen molar-refractivity contribution in [1.82, 2.24) is 19.9 Å². The van der Waals surface area contributed by atoms with Crippen molar-refractivity contribution in [3.05, 3.63) is 76.3 Å². The van der Waals surface area contributed by atoms with E-state index in [4.69, 9.17) is 5.73 Å². The SMILES string of the molecule is Nc1nc(F)c(-c2ccc(C34CC3CN(C3CCC3)C4)cc2)nc1-c1ccc2c(=O)[nH]cc(F)c2c1. The quantitative estimate of drug-likeness (QED) is 0.440. The average molecular weight is 486 g/mol. The number of rotatable bonds is 4. The first-order chi connectivity index (χ1) is 17.4. The van der Waals surface area contributed by atoms with Crippen molar-refractivity contribution < 1.29 is 8.78 Å². The molecule has 1 saturated heterocycles. The molecule has 3 N–H and O–H groups in total. The molecule has 2 aliphatic carbocycles. The average Bonchev–Trinajstić information content (AvgIpc) is 3.41. The highest BCUT2D eigenvalue weighted by atomic mass is 19.1. The standard InChI is InChI=1S/C28H25F2N5O/c29-22-12-32-27(36)20-9-6-16(10-21(20)22)24-26(31)34-25(30)23(33-24)15-4-7-17(8-5-15)28-11-18(28)13-35(14-28)19-2-1-3-19/h4-10,12,18-19H,1-3,11,13-14H2,(H2,31,34)(H,32,36). The van der Waals surface area contributed by atoms with E-state index in [1.54, 1.807) is 6.07 Å². The number of likely N-dealkylation sites (tertiary alicyclic amines) is 1. The van der Waals surface area contributed by atoms with Gasteiger partial charge < -0.3 is 10.7 Å². The van der Waals surface area contributed by atoms with Crippen molar-refractivity contribution in [2.45, 2.75) is 37.1 Å². The van der Waals surface area contributed by atoms with E-state index in [0.717, 1.165) is 18.8 Å². The highest BCUT2D eigenvalue weighted by Crippen LogP contribution is 2.60. The Morgan fingerprint density at radius 1 is 1.00 bits per heavy atom. The third kappa shape index (κ3) is 3.20. The number of aromatic amines is 1. The van der Waals surface area contributed by atoms with Crippen LogP contribution in [0.3, 0.4) is 0 Å². The van der Waals surface area contributed by atoms with E-state index in [0.29, 0.717) is 17.0 Å². The number of H-pyrrole nitrogens is 1. The fourth-order valence-electron chi connectivity index (χ4n) is 6.15. The van der Waals surface area contributed by atoms with E-state index in [1.807, 2.05) is 12.1 Å². The van der Waals surface area contributed by atoms with Crippen LogP contribution < -0.4 is 11.3 Å². The lowest BCUT2D eigenvalue weighted by molar-refractivity contribution is 0.140. The number of nitrogens with one attached hydrogen (secondary N) is 1. The molecular weight excluding hydrogens is 460 g/mol. The molecule has 3 aliphatic rings. The number of nitrogens with two attached hydrogens (primary N) is 1. The molecule has 3 heterocycles. The highest BCUT2D eigenvalue weighted by Gasteiger charge is 2.61. The molecule has 1 aliphatic heterocycles. The summed E-state index contributed by atoms with van der Waals surface area (Å²) in [5.74, 6) is -0.716. The van der Waals surface area contributed by atoms with Crippen LogP contribution in [0.2, 0.25) is 0 Å². The van der Waals surface area contributed by atoms with E-state index in [9.17, 15) is 13.6 Å². The van der Waals surface area contributed by atoms with Gasteiger partial charge in [0.05, 0.1) is 0 Å². The minimum Gasteiger partial charge on any atom is -0.382 e. The zero-order valence-corrected chi connectivity index (χ0v) is 19.6.